The summed E-state index contributed by atoms with van der Waals surface area (Å²) >= 11 is 0. The predicted molar refractivity (Wildman–Crippen MR) is 102 cm³/mol. The number of rotatable bonds is 5. The van der Waals surface area contributed by atoms with E-state index in [1.807, 2.05) is 26.1 Å². The van der Waals surface area contributed by atoms with Gasteiger partial charge in [0.15, 0.2) is 0 Å². The molecule has 4 aromatic rings. The molecule has 2 aromatic carbocycles. The van der Waals surface area contributed by atoms with Gasteiger partial charge in [-0.3, -0.25) is 0 Å². The smallest absolute Gasteiger partial charge is 0.244 e. The van der Waals surface area contributed by atoms with Crippen molar-refractivity contribution in [1.82, 2.24) is 29.9 Å². The lowest BCUT2D eigenvalue weighted by Gasteiger charge is -2.10. The number of hydrogen-bond donors (Lipinski definition) is 1. The first-order valence-corrected chi connectivity index (χ1v) is 10.0. The maximum atomic E-state index is 12.5. The van der Waals surface area contributed by atoms with Crippen LogP contribution in [0, 0.1) is 6.92 Å². The van der Waals surface area contributed by atoms with Crippen LogP contribution in [0.4, 0.5) is 0 Å². The van der Waals surface area contributed by atoms with Gasteiger partial charge < -0.3 is 4.52 Å². The summed E-state index contributed by atoms with van der Waals surface area (Å²) in [5.41, 5.74) is 3.27. The van der Waals surface area contributed by atoms with Crippen molar-refractivity contribution in [2.75, 3.05) is 0 Å². The van der Waals surface area contributed by atoms with E-state index in [0.29, 0.717) is 16.9 Å². The topological polar surface area (TPSA) is 116 Å². The van der Waals surface area contributed by atoms with Crippen molar-refractivity contribution in [2.24, 2.45) is 7.05 Å². The Kier molecular flexibility index (Phi) is 4.44. The Balaban J connectivity index is 1.56. The molecule has 0 unspecified atom stereocenters. The lowest BCUT2D eigenvalue weighted by atomic mass is 10.2. The van der Waals surface area contributed by atoms with E-state index in [2.05, 4.69) is 25.2 Å². The van der Waals surface area contributed by atoms with Crippen LogP contribution in [-0.4, -0.2) is 33.6 Å². The van der Waals surface area contributed by atoms with E-state index in [1.165, 1.54) is 0 Å². The van der Waals surface area contributed by atoms with Crippen LogP contribution < -0.4 is 4.72 Å². The summed E-state index contributed by atoms with van der Waals surface area (Å²) in [4.78, 5) is 4.50. The number of sulfonamides is 1. The molecule has 144 valence electrons. The van der Waals surface area contributed by atoms with E-state index in [-0.39, 0.29) is 10.8 Å². The number of hydrogen-bond acceptors (Lipinski definition) is 7. The molecule has 10 heteroatoms. The van der Waals surface area contributed by atoms with Gasteiger partial charge in [0.25, 0.3) is 0 Å². The van der Waals surface area contributed by atoms with Crippen molar-refractivity contribution >= 4 is 21.1 Å². The SMILES string of the molecule is Cc1ccc(S(=O)(=O)N[C@@H](C)c2nc(-c3ccc4c(c3)nnn4C)no2)cc1. The minimum Gasteiger partial charge on any atom is -0.337 e. The predicted octanol–water partition coefficient (Wildman–Crippen LogP) is 2.37. The van der Waals surface area contributed by atoms with Gasteiger partial charge in [-0.05, 0) is 44.2 Å². The van der Waals surface area contributed by atoms with E-state index in [9.17, 15) is 8.42 Å². The van der Waals surface area contributed by atoms with Crippen molar-refractivity contribution in [3.8, 4) is 11.4 Å². The van der Waals surface area contributed by atoms with Gasteiger partial charge in [-0.15, -0.1) is 5.10 Å². The van der Waals surface area contributed by atoms with Crippen LogP contribution in [0.1, 0.15) is 24.4 Å². The summed E-state index contributed by atoms with van der Waals surface area (Å²) in [6.45, 7) is 3.54. The molecule has 0 radical (unpaired) electrons. The van der Waals surface area contributed by atoms with Crippen LogP contribution in [0.2, 0.25) is 0 Å². The number of fused-ring (bicyclic) bond motifs is 1. The first-order chi connectivity index (χ1) is 13.3. The standard InChI is InChI=1S/C18H18N6O3S/c1-11-4-7-14(8-5-11)28(25,26)22-12(2)18-19-17(21-27-18)13-6-9-16-15(10-13)20-23-24(16)3/h4-10,12,22H,1-3H3/t12-/m0/s1. The third-order valence-electron chi connectivity index (χ3n) is 4.34. The van der Waals surface area contributed by atoms with Crippen molar-refractivity contribution in [2.45, 2.75) is 24.8 Å². The summed E-state index contributed by atoms with van der Waals surface area (Å²) < 4.78 is 34.6. The molecule has 2 heterocycles. The average molecular weight is 398 g/mol. The number of benzene rings is 2. The van der Waals surface area contributed by atoms with Crippen LogP contribution in [0.25, 0.3) is 22.4 Å². The molecular weight excluding hydrogens is 380 g/mol. The summed E-state index contributed by atoms with van der Waals surface area (Å²) in [7, 11) is -1.90. The van der Waals surface area contributed by atoms with Gasteiger partial charge in [-0.2, -0.15) is 9.71 Å². The third-order valence-corrected chi connectivity index (χ3v) is 5.90. The Morgan fingerprint density at radius 3 is 2.64 bits per heavy atom. The van der Waals surface area contributed by atoms with E-state index in [1.54, 1.807) is 41.9 Å². The van der Waals surface area contributed by atoms with Gasteiger partial charge in [0.2, 0.25) is 21.7 Å². The van der Waals surface area contributed by atoms with Gasteiger partial charge in [-0.25, -0.2) is 13.1 Å². The fourth-order valence-electron chi connectivity index (χ4n) is 2.78. The van der Waals surface area contributed by atoms with Crippen molar-refractivity contribution in [3.05, 3.63) is 53.9 Å². The minimum atomic E-state index is -3.70. The number of aryl methyl sites for hydroxylation is 2. The van der Waals surface area contributed by atoms with Gasteiger partial charge in [0, 0.05) is 12.6 Å². The van der Waals surface area contributed by atoms with Gasteiger partial charge >= 0.3 is 0 Å². The van der Waals surface area contributed by atoms with Crippen molar-refractivity contribution in [1.29, 1.82) is 0 Å². The highest BCUT2D eigenvalue weighted by Gasteiger charge is 2.23. The van der Waals surface area contributed by atoms with E-state index < -0.39 is 16.1 Å². The lowest BCUT2D eigenvalue weighted by molar-refractivity contribution is 0.354. The first kappa shape index (κ1) is 18.3. The Morgan fingerprint density at radius 1 is 1.14 bits per heavy atom. The zero-order valence-corrected chi connectivity index (χ0v) is 16.3. The van der Waals surface area contributed by atoms with Gasteiger partial charge in [-0.1, -0.05) is 28.1 Å². The Hall–Kier alpha value is -3.11. The first-order valence-electron chi connectivity index (χ1n) is 8.56. The third kappa shape index (κ3) is 3.39. The van der Waals surface area contributed by atoms with Crippen LogP contribution in [0.3, 0.4) is 0 Å². The normalized spacial score (nSPS) is 13.1. The van der Waals surface area contributed by atoms with E-state index >= 15 is 0 Å². The molecule has 0 aliphatic heterocycles. The molecule has 1 atom stereocenters. The van der Waals surface area contributed by atoms with Crippen LogP contribution in [-0.2, 0) is 17.1 Å². The average Bonchev–Trinajstić information content (AvgIpc) is 3.29. The molecule has 0 amide bonds. The quantitative estimate of drug-likeness (QED) is 0.548. The van der Waals surface area contributed by atoms with Crippen LogP contribution >= 0.6 is 0 Å². The van der Waals surface area contributed by atoms with Gasteiger partial charge in [0.05, 0.1) is 16.5 Å². The highest BCUT2D eigenvalue weighted by Crippen LogP contribution is 2.23. The summed E-state index contributed by atoms with van der Waals surface area (Å²) in [5, 5.41) is 12.0. The maximum absolute atomic E-state index is 12.5. The van der Waals surface area contributed by atoms with Crippen LogP contribution in [0.15, 0.2) is 51.9 Å². The maximum Gasteiger partial charge on any atom is 0.244 e. The monoisotopic (exact) mass is 398 g/mol. The summed E-state index contributed by atoms with van der Waals surface area (Å²) in [6, 6.07) is 11.4. The molecule has 0 aliphatic carbocycles. The minimum absolute atomic E-state index is 0.171. The molecule has 2 aromatic heterocycles. The highest BCUT2D eigenvalue weighted by molar-refractivity contribution is 7.89. The van der Waals surface area contributed by atoms with Crippen molar-refractivity contribution in [3.63, 3.8) is 0 Å². The second-order valence-electron chi connectivity index (χ2n) is 6.53. The number of nitrogens with one attached hydrogen (secondary N) is 1. The fraction of sp³-hybridized carbons (Fsp3) is 0.222. The largest absolute Gasteiger partial charge is 0.337 e. The molecule has 0 fully saturated rings. The van der Waals surface area contributed by atoms with Gasteiger partial charge in [0.1, 0.15) is 5.52 Å². The zero-order chi connectivity index (χ0) is 19.9. The molecule has 9 nitrogen and oxygen atoms in total. The molecule has 0 saturated heterocycles. The molecule has 1 N–H and O–H groups in total. The summed E-state index contributed by atoms with van der Waals surface area (Å²) in [6.07, 6.45) is 0. The highest BCUT2D eigenvalue weighted by atomic mass is 32.2. The molecule has 0 saturated carbocycles. The number of aromatic nitrogens is 5. The molecule has 0 aliphatic rings. The van der Waals surface area contributed by atoms with E-state index in [4.69, 9.17) is 4.52 Å². The Morgan fingerprint density at radius 2 is 1.89 bits per heavy atom. The van der Waals surface area contributed by atoms with Crippen molar-refractivity contribution < 1.29 is 12.9 Å². The van der Waals surface area contributed by atoms with Crippen LogP contribution in [0.5, 0.6) is 0 Å². The Bertz CT molecular complexity index is 1240. The number of nitrogens with zero attached hydrogens (tertiary/aromatic N) is 5. The van der Waals surface area contributed by atoms with E-state index in [0.717, 1.165) is 11.1 Å². The summed E-state index contributed by atoms with van der Waals surface area (Å²) in [5.74, 6) is 0.522. The zero-order valence-electron chi connectivity index (χ0n) is 15.5. The fourth-order valence-corrected chi connectivity index (χ4v) is 3.97. The second-order valence-corrected chi connectivity index (χ2v) is 8.24. The molecule has 0 bridgehead atoms. The Labute approximate surface area is 161 Å². The lowest BCUT2D eigenvalue weighted by Crippen LogP contribution is -2.27. The molecule has 0 spiro atoms. The molecule has 28 heavy (non-hydrogen) atoms. The molecule has 4 rings (SSSR count). The second kappa shape index (κ2) is 6.80. The molecular formula is C18H18N6O3S.